The second-order valence-electron chi connectivity index (χ2n) is 9.65. The highest BCUT2D eigenvalue weighted by molar-refractivity contribution is 5.80. The number of rotatable bonds is 5. The molecule has 1 amide bonds. The van der Waals surface area contributed by atoms with Gasteiger partial charge in [0.15, 0.2) is 5.65 Å². The molecule has 2 aliphatic heterocycles. The molecule has 9 nitrogen and oxygen atoms in total. The third-order valence-electron chi connectivity index (χ3n) is 7.75. The van der Waals surface area contributed by atoms with Crippen LogP contribution in [-0.4, -0.2) is 59.2 Å². The van der Waals surface area contributed by atoms with Gasteiger partial charge in [-0.15, -0.1) is 0 Å². The Labute approximate surface area is 207 Å². The first-order valence-electron chi connectivity index (χ1n) is 12.4. The number of hydrogen-bond donors (Lipinski definition) is 3. The number of H-pyrrole nitrogens is 1. The van der Waals surface area contributed by atoms with E-state index in [4.69, 9.17) is 10.7 Å². The van der Waals surface area contributed by atoms with Gasteiger partial charge in [-0.3, -0.25) is 4.79 Å². The molecule has 0 aliphatic carbocycles. The van der Waals surface area contributed by atoms with Gasteiger partial charge >= 0.3 is 0 Å². The summed E-state index contributed by atoms with van der Waals surface area (Å²) in [6.07, 6.45) is 9.07. The summed E-state index contributed by atoms with van der Waals surface area (Å²) in [7, 11) is 0. The molecule has 2 unspecified atom stereocenters. The Morgan fingerprint density at radius 2 is 2.03 bits per heavy atom. The summed E-state index contributed by atoms with van der Waals surface area (Å²) in [4.78, 5) is 26.3. The lowest BCUT2D eigenvalue weighted by atomic mass is 9.85. The van der Waals surface area contributed by atoms with Gasteiger partial charge in [0.25, 0.3) is 0 Å². The lowest BCUT2D eigenvalue weighted by molar-refractivity contribution is -0.138. The Morgan fingerprint density at radius 1 is 1.25 bits per heavy atom. The number of amides is 1. The quantitative estimate of drug-likeness (QED) is 0.395. The molecule has 36 heavy (non-hydrogen) atoms. The van der Waals surface area contributed by atoms with Crippen LogP contribution in [0.15, 0.2) is 36.8 Å². The van der Waals surface area contributed by atoms with Crippen molar-refractivity contribution in [3.63, 3.8) is 0 Å². The molecule has 2 aliphatic rings. The van der Waals surface area contributed by atoms with Crippen LogP contribution in [0.2, 0.25) is 0 Å². The molecule has 186 valence electrons. The zero-order valence-electron chi connectivity index (χ0n) is 20.0. The topological polar surface area (TPSA) is 125 Å². The molecule has 2 atom stereocenters. The molecule has 4 aromatic rings. The number of carbonyl (C=O) groups is 1. The number of hydrogen-bond acceptors (Lipinski definition) is 6. The first kappa shape index (κ1) is 22.7. The van der Waals surface area contributed by atoms with E-state index in [2.05, 4.69) is 22.0 Å². The second kappa shape index (κ2) is 8.70. The van der Waals surface area contributed by atoms with E-state index in [1.165, 1.54) is 6.07 Å². The van der Waals surface area contributed by atoms with Crippen molar-refractivity contribution in [2.75, 3.05) is 12.3 Å². The van der Waals surface area contributed by atoms with Gasteiger partial charge in [-0.1, -0.05) is 13.0 Å². The van der Waals surface area contributed by atoms with Crippen LogP contribution < -0.4 is 5.73 Å². The summed E-state index contributed by atoms with van der Waals surface area (Å²) < 4.78 is 16.6. The molecule has 2 fully saturated rings. The number of nitrogens with two attached hydrogens (primary N) is 1. The number of fused-ring (bicyclic) bond motifs is 3. The number of imidazole rings is 1. The average Bonchev–Trinajstić information content (AvgIpc) is 3.62. The predicted octanol–water partition coefficient (Wildman–Crippen LogP) is 3.30. The molecule has 0 spiro atoms. The normalized spacial score (nSPS) is 21.4. The van der Waals surface area contributed by atoms with Gasteiger partial charge in [0.1, 0.15) is 24.1 Å². The molecule has 0 radical (unpaired) electrons. The zero-order chi connectivity index (χ0) is 25.0. The van der Waals surface area contributed by atoms with Crippen LogP contribution in [0.25, 0.3) is 28.2 Å². The maximum absolute atomic E-state index is 15.0. The van der Waals surface area contributed by atoms with Crippen LogP contribution in [0, 0.1) is 5.82 Å². The smallest absolute Gasteiger partial charge is 0.248 e. The summed E-state index contributed by atoms with van der Waals surface area (Å²) in [5, 5.41) is 13.9. The minimum atomic E-state index is -0.455. The Bertz CT molecular complexity index is 1430. The van der Waals surface area contributed by atoms with Gasteiger partial charge in [-0.05, 0) is 49.8 Å². The number of halogens is 1. The number of nitrogens with one attached hydrogen (secondary N) is 1. The fourth-order valence-electron chi connectivity index (χ4n) is 6.15. The minimum absolute atomic E-state index is 0.102. The molecular formula is C26H28FN7O2. The van der Waals surface area contributed by atoms with Crippen LogP contribution in [0.1, 0.15) is 49.8 Å². The van der Waals surface area contributed by atoms with Crippen molar-refractivity contribution in [1.29, 1.82) is 0 Å². The standard InChI is InChI=1S/C26H28FN7O2/c1-2-18-23(15-9-16-4-5-17(10-15)33(16)22(36)13-35)32-26-20(12-31-34(26)24(18)28)14-3-6-19(21(27)11-14)25-29-7-8-30-25/h3,6-8,11-12,15-17,35H,2,4-5,9-10,13,28H2,1H3,(H,29,30). The summed E-state index contributed by atoms with van der Waals surface area (Å²) in [6, 6.07) is 5.21. The lowest BCUT2D eigenvalue weighted by Crippen LogP contribution is -2.47. The Morgan fingerprint density at radius 3 is 2.67 bits per heavy atom. The number of nitrogens with zero attached hydrogens (tertiary/aromatic N) is 5. The van der Waals surface area contributed by atoms with Crippen molar-refractivity contribution in [3.05, 3.63) is 53.9 Å². The molecule has 2 saturated heterocycles. The lowest BCUT2D eigenvalue weighted by Gasteiger charge is -2.39. The van der Waals surface area contributed by atoms with Crippen molar-refractivity contribution in [3.8, 4) is 22.5 Å². The van der Waals surface area contributed by atoms with Gasteiger partial charge in [-0.25, -0.2) is 14.4 Å². The molecule has 10 heteroatoms. The van der Waals surface area contributed by atoms with Gasteiger partial charge in [0, 0.05) is 41.5 Å². The van der Waals surface area contributed by atoms with Gasteiger partial charge < -0.3 is 20.7 Å². The third-order valence-corrected chi connectivity index (χ3v) is 7.75. The third kappa shape index (κ3) is 3.47. The summed E-state index contributed by atoms with van der Waals surface area (Å²) in [5.41, 5.74) is 10.8. The number of nitrogen functional groups attached to an aromatic ring is 1. The Hall–Kier alpha value is -3.79. The fourth-order valence-corrected chi connectivity index (χ4v) is 6.15. The number of benzene rings is 1. The number of aromatic amines is 1. The second-order valence-corrected chi connectivity index (χ2v) is 9.65. The average molecular weight is 490 g/mol. The van der Waals surface area contributed by atoms with Crippen LogP contribution in [0.5, 0.6) is 0 Å². The van der Waals surface area contributed by atoms with Gasteiger partial charge in [-0.2, -0.15) is 9.61 Å². The molecule has 0 saturated carbocycles. The first-order chi connectivity index (χ1) is 17.5. The van der Waals surface area contributed by atoms with E-state index in [0.29, 0.717) is 40.4 Å². The zero-order valence-corrected chi connectivity index (χ0v) is 20.0. The Kier molecular flexibility index (Phi) is 5.48. The van der Waals surface area contributed by atoms with E-state index in [1.807, 2.05) is 11.0 Å². The summed E-state index contributed by atoms with van der Waals surface area (Å²) in [6.45, 7) is 1.60. The van der Waals surface area contributed by atoms with Crippen LogP contribution in [0.4, 0.5) is 10.2 Å². The highest BCUT2D eigenvalue weighted by Crippen LogP contribution is 2.44. The number of anilines is 1. The predicted molar refractivity (Wildman–Crippen MR) is 132 cm³/mol. The molecule has 1 aromatic carbocycles. The van der Waals surface area contributed by atoms with E-state index in [-0.39, 0.29) is 23.9 Å². The van der Waals surface area contributed by atoms with Gasteiger partial charge in [0.05, 0.1) is 17.5 Å². The van der Waals surface area contributed by atoms with E-state index in [0.717, 1.165) is 36.9 Å². The van der Waals surface area contributed by atoms with Crippen LogP contribution in [-0.2, 0) is 11.2 Å². The van der Waals surface area contributed by atoms with E-state index < -0.39 is 12.4 Å². The maximum atomic E-state index is 15.0. The van der Waals surface area contributed by atoms with E-state index in [1.54, 1.807) is 29.2 Å². The largest absolute Gasteiger partial charge is 0.387 e. The maximum Gasteiger partial charge on any atom is 0.248 e. The van der Waals surface area contributed by atoms with Crippen LogP contribution >= 0.6 is 0 Å². The number of aromatic nitrogens is 5. The number of aliphatic hydroxyl groups excluding tert-OH is 1. The van der Waals surface area contributed by atoms with Crippen molar-refractivity contribution in [2.45, 2.75) is 57.0 Å². The van der Waals surface area contributed by atoms with E-state index in [9.17, 15) is 9.90 Å². The SMILES string of the molecule is CCc1c(C2CC3CCC(C2)N3C(=O)CO)nc2c(-c3ccc(-c4ncc[nH]4)c(F)c3)cnn2c1N. The fraction of sp³-hybridized carbons (Fsp3) is 0.385. The summed E-state index contributed by atoms with van der Waals surface area (Å²) >= 11 is 0. The van der Waals surface area contributed by atoms with Crippen molar-refractivity contribution in [2.24, 2.45) is 0 Å². The minimum Gasteiger partial charge on any atom is -0.387 e. The summed E-state index contributed by atoms with van der Waals surface area (Å²) in [5.74, 6) is 0.568. The molecular weight excluding hydrogens is 461 g/mol. The van der Waals surface area contributed by atoms with Crippen molar-refractivity contribution in [1.82, 2.24) is 29.5 Å². The van der Waals surface area contributed by atoms with Crippen molar-refractivity contribution >= 4 is 17.4 Å². The highest BCUT2D eigenvalue weighted by Gasteiger charge is 2.44. The molecule has 3 aromatic heterocycles. The number of piperidine rings is 1. The van der Waals surface area contributed by atoms with Crippen LogP contribution in [0.3, 0.4) is 0 Å². The highest BCUT2D eigenvalue weighted by atomic mass is 19.1. The number of aliphatic hydroxyl groups is 1. The molecule has 4 N–H and O–H groups in total. The number of carbonyl (C=O) groups excluding carboxylic acids is 1. The Balaban J connectivity index is 1.41. The monoisotopic (exact) mass is 489 g/mol. The van der Waals surface area contributed by atoms with E-state index >= 15 is 4.39 Å². The van der Waals surface area contributed by atoms with Gasteiger partial charge in [0.2, 0.25) is 5.91 Å². The molecule has 5 heterocycles. The molecule has 6 rings (SSSR count). The van der Waals surface area contributed by atoms with Crippen molar-refractivity contribution < 1.29 is 14.3 Å². The molecule has 2 bridgehead atoms. The first-order valence-corrected chi connectivity index (χ1v) is 12.4.